The minimum atomic E-state index is -0.508. The van der Waals surface area contributed by atoms with E-state index in [0.29, 0.717) is 13.1 Å². The predicted molar refractivity (Wildman–Crippen MR) is 86.7 cm³/mol. The number of carbonyl (C=O) groups is 2. The molecular weight excluding hydrogens is 312 g/mol. The van der Waals surface area contributed by atoms with Crippen molar-refractivity contribution in [3.05, 3.63) is 22.7 Å². The van der Waals surface area contributed by atoms with Gasteiger partial charge in [0.15, 0.2) is 11.5 Å². The Kier molecular flexibility index (Phi) is 7.52. The lowest BCUT2D eigenvalue weighted by atomic mass is 10.1. The molecule has 0 aliphatic heterocycles. The summed E-state index contributed by atoms with van der Waals surface area (Å²) in [5.74, 6) is -0.430. The summed E-state index contributed by atoms with van der Waals surface area (Å²) in [6.07, 6.45) is 3.78. The van der Waals surface area contributed by atoms with Crippen LogP contribution < -0.4 is 10.6 Å². The lowest BCUT2D eigenvalue weighted by Crippen LogP contribution is -2.29. The van der Waals surface area contributed by atoms with Crippen LogP contribution in [0.3, 0.4) is 0 Å². The first-order valence-electron chi connectivity index (χ1n) is 6.41. The van der Waals surface area contributed by atoms with Gasteiger partial charge in [0.2, 0.25) is 0 Å². The largest absolute Gasteiger partial charge is 0.504 e. The number of hydrogen-bond donors (Lipinski definition) is 4. The molecule has 0 spiro atoms. The van der Waals surface area contributed by atoms with Crippen LogP contribution >= 0.6 is 23.5 Å². The Balaban J connectivity index is 2.62. The van der Waals surface area contributed by atoms with Gasteiger partial charge in [-0.15, -0.1) is 0 Å². The SMILES string of the molecule is CSCCNC(=O)C1=C(O)C(O)=C(C(=O)NCCSC)C1. The minimum Gasteiger partial charge on any atom is -0.504 e. The zero-order valence-corrected chi connectivity index (χ0v) is 13.7. The molecule has 0 bridgehead atoms. The van der Waals surface area contributed by atoms with Gasteiger partial charge in [-0.05, 0) is 12.5 Å². The molecule has 1 aliphatic rings. The summed E-state index contributed by atoms with van der Waals surface area (Å²) >= 11 is 3.17. The van der Waals surface area contributed by atoms with Gasteiger partial charge in [-0.3, -0.25) is 9.59 Å². The van der Waals surface area contributed by atoms with E-state index in [9.17, 15) is 19.8 Å². The number of carbonyl (C=O) groups excluding carboxylic acids is 2. The van der Waals surface area contributed by atoms with E-state index in [0.717, 1.165) is 11.5 Å². The van der Waals surface area contributed by atoms with Crippen LogP contribution in [0.1, 0.15) is 6.42 Å². The molecule has 2 amide bonds. The second kappa shape index (κ2) is 8.89. The molecule has 4 N–H and O–H groups in total. The monoisotopic (exact) mass is 332 g/mol. The second-order valence-corrected chi connectivity index (χ2v) is 6.30. The van der Waals surface area contributed by atoms with Crippen LogP contribution in [0.25, 0.3) is 0 Å². The van der Waals surface area contributed by atoms with Crippen molar-refractivity contribution in [3.63, 3.8) is 0 Å². The van der Waals surface area contributed by atoms with Crippen LogP contribution in [-0.4, -0.2) is 59.1 Å². The van der Waals surface area contributed by atoms with Crippen LogP contribution in [0.2, 0.25) is 0 Å². The predicted octanol–water partition coefficient (Wildman–Crippen LogP) is 0.973. The number of nitrogens with one attached hydrogen (secondary N) is 2. The highest BCUT2D eigenvalue weighted by molar-refractivity contribution is 7.98. The van der Waals surface area contributed by atoms with Crippen LogP contribution in [0.5, 0.6) is 0 Å². The van der Waals surface area contributed by atoms with Gasteiger partial charge in [-0.25, -0.2) is 0 Å². The normalized spacial score (nSPS) is 14.6. The van der Waals surface area contributed by atoms with Crippen molar-refractivity contribution in [3.8, 4) is 0 Å². The first kappa shape index (κ1) is 17.8. The quantitative estimate of drug-likeness (QED) is 0.495. The number of amides is 2. The molecule has 0 aromatic rings. The molecule has 118 valence electrons. The zero-order chi connectivity index (χ0) is 15.8. The van der Waals surface area contributed by atoms with Gasteiger partial charge in [0.1, 0.15) is 0 Å². The highest BCUT2D eigenvalue weighted by Gasteiger charge is 2.31. The van der Waals surface area contributed by atoms with Gasteiger partial charge < -0.3 is 20.8 Å². The third-order valence-corrected chi connectivity index (χ3v) is 4.11. The molecule has 1 aliphatic carbocycles. The van der Waals surface area contributed by atoms with Crippen molar-refractivity contribution in [2.45, 2.75) is 6.42 Å². The molecule has 8 heteroatoms. The van der Waals surface area contributed by atoms with E-state index in [-0.39, 0.29) is 17.6 Å². The summed E-state index contributed by atoms with van der Waals surface area (Å²) in [6, 6.07) is 0. The molecular formula is C13H20N2O4S2. The van der Waals surface area contributed by atoms with Crippen LogP contribution in [0.4, 0.5) is 0 Å². The zero-order valence-electron chi connectivity index (χ0n) is 12.1. The van der Waals surface area contributed by atoms with E-state index in [4.69, 9.17) is 0 Å². The van der Waals surface area contributed by atoms with E-state index in [2.05, 4.69) is 10.6 Å². The smallest absolute Gasteiger partial charge is 0.251 e. The maximum absolute atomic E-state index is 11.9. The lowest BCUT2D eigenvalue weighted by molar-refractivity contribution is -0.117. The van der Waals surface area contributed by atoms with Gasteiger partial charge in [-0.2, -0.15) is 23.5 Å². The third kappa shape index (κ3) is 4.89. The maximum Gasteiger partial charge on any atom is 0.251 e. The summed E-state index contributed by atoms with van der Waals surface area (Å²) < 4.78 is 0. The van der Waals surface area contributed by atoms with Crippen LogP contribution in [0, 0.1) is 0 Å². The molecule has 0 heterocycles. The summed E-state index contributed by atoms with van der Waals surface area (Å²) in [5, 5.41) is 24.9. The Hall–Kier alpha value is -1.28. The number of rotatable bonds is 8. The Bertz CT molecular complexity index is 433. The summed E-state index contributed by atoms with van der Waals surface area (Å²) in [5.41, 5.74) is 0.0623. The summed E-state index contributed by atoms with van der Waals surface area (Å²) in [6.45, 7) is 0.930. The van der Waals surface area contributed by atoms with Crippen molar-refractivity contribution in [2.24, 2.45) is 0 Å². The van der Waals surface area contributed by atoms with Gasteiger partial charge in [0.05, 0.1) is 11.1 Å². The minimum absolute atomic E-state index is 0.0311. The molecule has 0 atom stereocenters. The first-order valence-corrected chi connectivity index (χ1v) is 9.20. The van der Waals surface area contributed by atoms with Gasteiger partial charge in [-0.1, -0.05) is 0 Å². The van der Waals surface area contributed by atoms with Crippen molar-refractivity contribution in [2.75, 3.05) is 37.1 Å². The van der Waals surface area contributed by atoms with Gasteiger partial charge >= 0.3 is 0 Å². The molecule has 0 saturated carbocycles. The molecule has 21 heavy (non-hydrogen) atoms. The third-order valence-electron chi connectivity index (χ3n) is 2.88. The van der Waals surface area contributed by atoms with E-state index in [1.165, 1.54) is 0 Å². The highest BCUT2D eigenvalue weighted by Crippen LogP contribution is 2.29. The number of aliphatic hydroxyl groups excluding tert-OH is 2. The Labute approximate surface area is 132 Å². The maximum atomic E-state index is 11.9. The van der Waals surface area contributed by atoms with E-state index in [1.807, 2.05) is 12.5 Å². The molecule has 6 nitrogen and oxygen atoms in total. The van der Waals surface area contributed by atoms with E-state index >= 15 is 0 Å². The van der Waals surface area contributed by atoms with Crippen molar-refractivity contribution in [1.82, 2.24) is 10.6 Å². The molecule has 0 unspecified atom stereocenters. The van der Waals surface area contributed by atoms with Gasteiger partial charge in [0.25, 0.3) is 11.8 Å². The Morgan fingerprint density at radius 1 is 0.952 bits per heavy atom. The van der Waals surface area contributed by atoms with Crippen LogP contribution in [-0.2, 0) is 9.59 Å². The number of thioether (sulfide) groups is 2. The standard InChI is InChI=1S/C13H20N2O4S2/c1-20-5-3-14-12(18)8-7-9(11(17)10(8)16)13(19)15-4-6-21-2/h16-17H,3-7H2,1-2H3,(H,14,18)(H,15,19). The molecule has 0 fully saturated rings. The highest BCUT2D eigenvalue weighted by atomic mass is 32.2. The van der Waals surface area contributed by atoms with E-state index < -0.39 is 23.3 Å². The Morgan fingerprint density at radius 3 is 1.67 bits per heavy atom. The fourth-order valence-electron chi connectivity index (χ4n) is 1.75. The number of aliphatic hydroxyl groups is 2. The fourth-order valence-corrected chi connectivity index (χ4v) is 2.36. The summed E-state index contributed by atoms with van der Waals surface area (Å²) in [7, 11) is 0. The molecule has 0 radical (unpaired) electrons. The summed E-state index contributed by atoms with van der Waals surface area (Å²) in [4.78, 5) is 23.8. The molecule has 1 rings (SSSR count). The fraction of sp³-hybridized carbons (Fsp3) is 0.538. The molecule has 0 aromatic carbocycles. The van der Waals surface area contributed by atoms with Gasteiger partial charge in [0, 0.05) is 31.0 Å². The lowest BCUT2D eigenvalue weighted by Gasteiger charge is -2.07. The number of hydrogen-bond acceptors (Lipinski definition) is 6. The van der Waals surface area contributed by atoms with Crippen molar-refractivity contribution in [1.29, 1.82) is 0 Å². The average Bonchev–Trinajstić information content (AvgIpc) is 2.76. The van der Waals surface area contributed by atoms with Crippen molar-refractivity contribution >= 4 is 35.3 Å². The molecule has 0 aromatic heterocycles. The van der Waals surface area contributed by atoms with Crippen molar-refractivity contribution < 1.29 is 19.8 Å². The Morgan fingerprint density at radius 2 is 1.33 bits per heavy atom. The topological polar surface area (TPSA) is 98.7 Å². The average molecular weight is 332 g/mol. The second-order valence-electron chi connectivity index (χ2n) is 4.33. The molecule has 0 saturated heterocycles. The first-order chi connectivity index (χ1) is 10.0. The van der Waals surface area contributed by atoms with Crippen LogP contribution in [0.15, 0.2) is 22.7 Å². The van der Waals surface area contributed by atoms with E-state index in [1.54, 1.807) is 23.5 Å².